The molecule has 88 valence electrons. The molecule has 3 nitrogen and oxygen atoms in total. The first-order chi connectivity index (χ1) is 7.53. The molecule has 0 amide bonds. The molecule has 1 fully saturated rings. The topological polar surface area (TPSA) is 38.7 Å². The lowest BCUT2D eigenvalue weighted by atomic mass is 10.1. The molecule has 0 atom stereocenters. The molecule has 5 heteroatoms. The van der Waals surface area contributed by atoms with Crippen LogP contribution in [-0.4, -0.2) is 19.3 Å². The minimum Gasteiger partial charge on any atom is -0.493 e. The smallest absolute Gasteiger partial charge is 0.208 e. The fourth-order valence-electron chi connectivity index (χ4n) is 1.70. The molecular formula is C11H12ClFO3. The zero-order valence-electron chi connectivity index (χ0n) is 9.01. The molecule has 1 aliphatic carbocycles. The number of hydrogen-bond acceptors (Lipinski definition) is 3. The first-order valence-corrected chi connectivity index (χ1v) is 5.24. The highest BCUT2D eigenvalue weighted by molar-refractivity contribution is 6.32. The Morgan fingerprint density at radius 1 is 1.31 bits per heavy atom. The largest absolute Gasteiger partial charge is 0.493 e. The van der Waals surface area contributed by atoms with Gasteiger partial charge in [0.05, 0.1) is 24.8 Å². The second-order valence-corrected chi connectivity index (χ2v) is 4.23. The average Bonchev–Trinajstić information content (AvgIpc) is 2.98. The van der Waals surface area contributed by atoms with E-state index in [4.69, 9.17) is 21.1 Å². The number of ether oxygens (including phenoxy) is 2. The standard InChI is InChI=1S/C11H12ClFO3/c1-15-9-6(11(14)3-4-11)5-7(12)10(16-2)8(9)13/h5,14H,3-4H2,1-2H3. The van der Waals surface area contributed by atoms with Gasteiger partial charge in [0.25, 0.3) is 0 Å². The Morgan fingerprint density at radius 3 is 2.31 bits per heavy atom. The third kappa shape index (κ3) is 1.62. The van der Waals surface area contributed by atoms with Crippen molar-refractivity contribution < 1.29 is 19.0 Å². The second-order valence-electron chi connectivity index (χ2n) is 3.82. The summed E-state index contributed by atoms with van der Waals surface area (Å²) in [6, 6.07) is 1.50. The molecule has 0 bridgehead atoms. The lowest BCUT2D eigenvalue weighted by Gasteiger charge is -2.16. The predicted octanol–water partition coefficient (Wildman–Crippen LogP) is 2.48. The Kier molecular flexibility index (Phi) is 2.72. The van der Waals surface area contributed by atoms with E-state index in [0.29, 0.717) is 18.4 Å². The molecule has 0 heterocycles. The molecule has 0 aliphatic heterocycles. The van der Waals surface area contributed by atoms with E-state index in [-0.39, 0.29) is 16.5 Å². The number of aliphatic hydroxyl groups is 1. The number of methoxy groups -OCH3 is 2. The third-order valence-corrected chi connectivity index (χ3v) is 3.05. The van der Waals surface area contributed by atoms with Crippen LogP contribution in [0.1, 0.15) is 18.4 Å². The second kappa shape index (κ2) is 3.79. The zero-order valence-corrected chi connectivity index (χ0v) is 9.77. The van der Waals surface area contributed by atoms with Crippen LogP contribution in [0, 0.1) is 5.82 Å². The fraction of sp³-hybridized carbons (Fsp3) is 0.455. The van der Waals surface area contributed by atoms with E-state index in [1.54, 1.807) is 0 Å². The maximum Gasteiger partial charge on any atom is 0.208 e. The molecule has 1 aliphatic rings. The minimum atomic E-state index is -0.998. The van der Waals surface area contributed by atoms with Gasteiger partial charge in [-0.25, -0.2) is 0 Å². The first-order valence-electron chi connectivity index (χ1n) is 4.86. The van der Waals surface area contributed by atoms with Gasteiger partial charge < -0.3 is 14.6 Å². The molecule has 16 heavy (non-hydrogen) atoms. The number of halogens is 2. The van der Waals surface area contributed by atoms with Crippen LogP contribution in [0.2, 0.25) is 5.02 Å². The summed E-state index contributed by atoms with van der Waals surface area (Å²) in [6.07, 6.45) is 1.18. The van der Waals surface area contributed by atoms with Crippen molar-refractivity contribution in [3.05, 3.63) is 22.5 Å². The van der Waals surface area contributed by atoms with Crippen LogP contribution in [0.5, 0.6) is 11.5 Å². The van der Waals surface area contributed by atoms with Crippen LogP contribution in [0.15, 0.2) is 6.07 Å². The molecule has 0 aromatic heterocycles. The molecule has 1 aromatic carbocycles. The lowest BCUT2D eigenvalue weighted by molar-refractivity contribution is 0.146. The van der Waals surface area contributed by atoms with E-state index in [0.717, 1.165) is 0 Å². The first kappa shape index (κ1) is 11.5. The van der Waals surface area contributed by atoms with Crippen molar-refractivity contribution in [2.45, 2.75) is 18.4 Å². The average molecular weight is 247 g/mol. The van der Waals surface area contributed by atoms with Gasteiger partial charge in [-0.05, 0) is 18.9 Å². The molecule has 0 spiro atoms. The van der Waals surface area contributed by atoms with Gasteiger partial charge in [-0.2, -0.15) is 4.39 Å². The Hall–Kier alpha value is -1.00. The van der Waals surface area contributed by atoms with Crippen LogP contribution >= 0.6 is 11.6 Å². The van der Waals surface area contributed by atoms with Crippen LogP contribution in [0.25, 0.3) is 0 Å². The predicted molar refractivity (Wildman–Crippen MR) is 57.6 cm³/mol. The number of rotatable bonds is 3. The molecule has 2 rings (SSSR count). The fourth-order valence-corrected chi connectivity index (χ4v) is 1.97. The summed E-state index contributed by atoms with van der Waals surface area (Å²) in [5.41, 5.74) is -0.611. The van der Waals surface area contributed by atoms with Crippen molar-refractivity contribution in [1.29, 1.82) is 0 Å². The van der Waals surface area contributed by atoms with Gasteiger partial charge in [0.15, 0.2) is 11.5 Å². The zero-order chi connectivity index (χ0) is 11.9. The van der Waals surface area contributed by atoms with Crippen LogP contribution in [-0.2, 0) is 5.60 Å². The number of benzene rings is 1. The summed E-state index contributed by atoms with van der Waals surface area (Å²) >= 11 is 5.87. The summed E-state index contributed by atoms with van der Waals surface area (Å²) in [6.45, 7) is 0. The number of hydrogen-bond donors (Lipinski definition) is 1. The van der Waals surface area contributed by atoms with Gasteiger partial charge in [-0.3, -0.25) is 0 Å². The summed E-state index contributed by atoms with van der Waals surface area (Å²) in [5, 5.41) is 10.1. The van der Waals surface area contributed by atoms with Crippen molar-refractivity contribution in [1.82, 2.24) is 0 Å². The SMILES string of the molecule is COc1c(Cl)cc(C2(O)CC2)c(OC)c1F. The summed E-state index contributed by atoms with van der Waals surface area (Å²) < 4.78 is 23.7. The molecule has 0 unspecified atom stereocenters. The minimum absolute atomic E-state index is 0.00116. The molecule has 0 saturated heterocycles. The van der Waals surface area contributed by atoms with Crippen LogP contribution < -0.4 is 9.47 Å². The maximum absolute atomic E-state index is 13.9. The van der Waals surface area contributed by atoms with Gasteiger partial charge in [0, 0.05) is 5.56 Å². The van der Waals surface area contributed by atoms with Crippen molar-refractivity contribution >= 4 is 11.6 Å². The highest BCUT2D eigenvalue weighted by atomic mass is 35.5. The third-order valence-electron chi connectivity index (χ3n) is 2.76. The molecular weight excluding hydrogens is 235 g/mol. The maximum atomic E-state index is 13.9. The Bertz CT molecular complexity index is 430. The van der Waals surface area contributed by atoms with Gasteiger partial charge in [0.2, 0.25) is 5.82 Å². The van der Waals surface area contributed by atoms with E-state index >= 15 is 0 Å². The summed E-state index contributed by atoms with van der Waals surface area (Å²) in [7, 11) is 2.68. The van der Waals surface area contributed by atoms with E-state index < -0.39 is 11.4 Å². The Labute approximate surface area is 97.7 Å². The molecule has 0 radical (unpaired) electrons. The monoisotopic (exact) mass is 246 g/mol. The highest BCUT2D eigenvalue weighted by Crippen LogP contribution is 2.51. The van der Waals surface area contributed by atoms with E-state index in [2.05, 4.69) is 0 Å². The van der Waals surface area contributed by atoms with Gasteiger partial charge in [-0.1, -0.05) is 11.6 Å². The van der Waals surface area contributed by atoms with Crippen molar-refractivity contribution in [2.24, 2.45) is 0 Å². The van der Waals surface area contributed by atoms with Gasteiger partial charge in [0.1, 0.15) is 0 Å². The Morgan fingerprint density at radius 2 is 1.88 bits per heavy atom. The van der Waals surface area contributed by atoms with Crippen molar-refractivity contribution in [2.75, 3.05) is 14.2 Å². The summed E-state index contributed by atoms with van der Waals surface area (Å²) in [5.74, 6) is -0.736. The van der Waals surface area contributed by atoms with E-state index in [9.17, 15) is 9.50 Å². The molecule has 1 aromatic rings. The molecule has 1 N–H and O–H groups in total. The quantitative estimate of drug-likeness (QED) is 0.891. The highest BCUT2D eigenvalue weighted by Gasteiger charge is 2.45. The normalized spacial score (nSPS) is 17.1. The van der Waals surface area contributed by atoms with Gasteiger partial charge in [-0.15, -0.1) is 0 Å². The molecule has 1 saturated carbocycles. The van der Waals surface area contributed by atoms with E-state index in [1.807, 2.05) is 0 Å². The summed E-state index contributed by atoms with van der Waals surface area (Å²) in [4.78, 5) is 0. The Balaban J connectivity index is 2.62. The van der Waals surface area contributed by atoms with Gasteiger partial charge >= 0.3 is 0 Å². The van der Waals surface area contributed by atoms with Crippen LogP contribution in [0.3, 0.4) is 0 Å². The van der Waals surface area contributed by atoms with Crippen molar-refractivity contribution in [3.63, 3.8) is 0 Å². The van der Waals surface area contributed by atoms with Crippen molar-refractivity contribution in [3.8, 4) is 11.5 Å². The van der Waals surface area contributed by atoms with E-state index in [1.165, 1.54) is 20.3 Å². The lowest BCUT2D eigenvalue weighted by Crippen LogP contribution is -2.09. The van der Waals surface area contributed by atoms with Crippen LogP contribution in [0.4, 0.5) is 4.39 Å².